The highest BCUT2D eigenvalue weighted by molar-refractivity contribution is 7.85. The highest BCUT2D eigenvalue weighted by Crippen LogP contribution is 2.36. The van der Waals surface area contributed by atoms with Crippen LogP contribution in [0.25, 0.3) is 0 Å². The van der Waals surface area contributed by atoms with E-state index in [9.17, 15) is 18.0 Å². The Kier molecular flexibility index (Phi) is 11.7. The lowest BCUT2D eigenvalue weighted by Crippen LogP contribution is -2.45. The van der Waals surface area contributed by atoms with Gasteiger partial charge in [0.15, 0.2) is 0 Å². The maximum Gasteiger partial charge on any atom is 0.315 e. The third-order valence-electron chi connectivity index (χ3n) is 6.94. The smallest absolute Gasteiger partial charge is 0.315 e. The van der Waals surface area contributed by atoms with Crippen LogP contribution in [0.1, 0.15) is 71.1 Å². The molecule has 0 aromatic rings. The first-order valence-corrected chi connectivity index (χ1v) is 13.7. The van der Waals surface area contributed by atoms with Crippen LogP contribution in [-0.4, -0.2) is 74.0 Å². The van der Waals surface area contributed by atoms with E-state index in [-0.39, 0.29) is 23.9 Å². The molecule has 0 bridgehead atoms. The van der Waals surface area contributed by atoms with Crippen LogP contribution >= 0.6 is 0 Å². The molecule has 2 rings (SSSR count). The minimum atomic E-state index is -3.92. The SMILES string of the molecule is CCN(CCCS(=O)(=O)O)CCNC(=O)NC1CCC(CC2CCC(N=C=O)CC2)CC1. The summed E-state index contributed by atoms with van der Waals surface area (Å²) in [5, 5.41) is 5.99. The van der Waals surface area contributed by atoms with Crippen LogP contribution in [-0.2, 0) is 14.9 Å². The largest absolute Gasteiger partial charge is 0.337 e. The molecule has 9 nitrogen and oxygen atoms in total. The first-order chi connectivity index (χ1) is 15.3. The summed E-state index contributed by atoms with van der Waals surface area (Å²) in [5.41, 5.74) is 0. The van der Waals surface area contributed by atoms with Crippen molar-refractivity contribution >= 4 is 22.2 Å². The molecule has 2 aliphatic carbocycles. The summed E-state index contributed by atoms with van der Waals surface area (Å²) in [5.74, 6) is 1.23. The van der Waals surface area contributed by atoms with Gasteiger partial charge < -0.3 is 15.5 Å². The van der Waals surface area contributed by atoms with Gasteiger partial charge in [-0.1, -0.05) is 6.92 Å². The molecule has 184 valence electrons. The van der Waals surface area contributed by atoms with Gasteiger partial charge in [0.1, 0.15) is 0 Å². The predicted molar refractivity (Wildman–Crippen MR) is 124 cm³/mol. The molecule has 32 heavy (non-hydrogen) atoms. The molecule has 0 radical (unpaired) electrons. The highest BCUT2D eigenvalue weighted by atomic mass is 32.2. The topological polar surface area (TPSA) is 128 Å². The zero-order valence-electron chi connectivity index (χ0n) is 19.3. The number of aliphatic imine (C=N–C) groups is 1. The van der Waals surface area contributed by atoms with E-state index in [2.05, 4.69) is 20.5 Å². The minimum Gasteiger partial charge on any atom is -0.337 e. The zero-order chi connectivity index (χ0) is 23.4. The van der Waals surface area contributed by atoms with Gasteiger partial charge in [0.05, 0.1) is 11.8 Å². The fourth-order valence-electron chi connectivity index (χ4n) is 5.06. The molecule has 0 aliphatic heterocycles. The summed E-state index contributed by atoms with van der Waals surface area (Å²) in [6.07, 6.45) is 12.0. The highest BCUT2D eigenvalue weighted by Gasteiger charge is 2.27. The average molecular weight is 473 g/mol. The number of hydrogen-bond acceptors (Lipinski definition) is 6. The Bertz CT molecular complexity index is 710. The maximum absolute atomic E-state index is 12.2. The van der Waals surface area contributed by atoms with Crippen LogP contribution < -0.4 is 10.6 Å². The Morgan fingerprint density at radius 1 is 1.06 bits per heavy atom. The van der Waals surface area contributed by atoms with Crippen molar-refractivity contribution in [1.29, 1.82) is 0 Å². The number of isocyanates is 1. The van der Waals surface area contributed by atoms with Crippen LogP contribution in [0.4, 0.5) is 4.79 Å². The number of amides is 2. The van der Waals surface area contributed by atoms with E-state index in [0.717, 1.165) is 69.7 Å². The Morgan fingerprint density at radius 3 is 2.25 bits per heavy atom. The van der Waals surface area contributed by atoms with Crippen molar-refractivity contribution < 1.29 is 22.6 Å². The lowest BCUT2D eigenvalue weighted by Gasteiger charge is -2.33. The normalized spacial score (nSPS) is 26.3. The molecule has 2 aliphatic rings. The molecule has 2 amide bonds. The van der Waals surface area contributed by atoms with Crippen LogP contribution in [0, 0.1) is 11.8 Å². The number of carbonyl (C=O) groups excluding carboxylic acids is 2. The summed E-state index contributed by atoms with van der Waals surface area (Å²) in [4.78, 5) is 28.5. The summed E-state index contributed by atoms with van der Waals surface area (Å²) in [7, 11) is -3.92. The molecule has 0 aromatic heterocycles. The van der Waals surface area contributed by atoms with Gasteiger partial charge in [-0.15, -0.1) is 0 Å². The number of rotatable bonds is 12. The lowest BCUT2D eigenvalue weighted by atomic mass is 9.76. The number of nitrogens with one attached hydrogen (secondary N) is 2. The number of likely N-dealkylation sites (N-methyl/N-ethyl adjacent to an activating group) is 1. The van der Waals surface area contributed by atoms with Gasteiger partial charge in [0.25, 0.3) is 10.1 Å². The summed E-state index contributed by atoms with van der Waals surface area (Å²) >= 11 is 0. The van der Waals surface area contributed by atoms with Gasteiger partial charge >= 0.3 is 6.03 Å². The first kappa shape index (κ1) is 26.8. The van der Waals surface area contributed by atoms with Crippen molar-refractivity contribution in [3.63, 3.8) is 0 Å². The van der Waals surface area contributed by atoms with E-state index in [0.29, 0.717) is 26.1 Å². The Hall–Kier alpha value is -1.48. The molecule has 0 aromatic carbocycles. The van der Waals surface area contributed by atoms with E-state index in [1.807, 2.05) is 6.92 Å². The fourth-order valence-corrected chi connectivity index (χ4v) is 5.55. The van der Waals surface area contributed by atoms with Gasteiger partial charge in [0, 0.05) is 19.1 Å². The van der Waals surface area contributed by atoms with Crippen molar-refractivity contribution in [3.8, 4) is 0 Å². The molecule has 0 atom stereocenters. The van der Waals surface area contributed by atoms with Crippen molar-refractivity contribution in [2.75, 3.05) is 31.9 Å². The van der Waals surface area contributed by atoms with E-state index >= 15 is 0 Å². The van der Waals surface area contributed by atoms with Gasteiger partial charge in [-0.3, -0.25) is 4.55 Å². The monoisotopic (exact) mass is 472 g/mol. The summed E-state index contributed by atoms with van der Waals surface area (Å²) in [6, 6.07) is 0.265. The third kappa shape index (κ3) is 10.9. The van der Waals surface area contributed by atoms with Crippen molar-refractivity contribution in [3.05, 3.63) is 0 Å². The standard InChI is InChI=1S/C22H40N4O5S/c1-2-26(13-3-15-32(29,30)31)14-12-23-22(28)25-21-10-6-19(7-11-21)16-18-4-8-20(9-5-18)24-17-27/h18-21H,2-16H2,1H3,(H2,23,25,28)(H,29,30,31). The van der Waals surface area contributed by atoms with Crippen molar-refractivity contribution in [2.24, 2.45) is 16.8 Å². The second-order valence-electron chi connectivity index (χ2n) is 9.32. The van der Waals surface area contributed by atoms with E-state index in [1.54, 1.807) is 6.08 Å². The van der Waals surface area contributed by atoms with Gasteiger partial charge in [-0.25, -0.2) is 14.6 Å². The van der Waals surface area contributed by atoms with Gasteiger partial charge in [-0.05, 0) is 89.1 Å². The van der Waals surface area contributed by atoms with Crippen LogP contribution in [0.15, 0.2) is 4.99 Å². The number of nitrogens with zero attached hydrogens (tertiary/aromatic N) is 2. The van der Waals surface area contributed by atoms with Crippen molar-refractivity contribution in [2.45, 2.75) is 83.2 Å². The van der Waals surface area contributed by atoms with Crippen LogP contribution in [0.2, 0.25) is 0 Å². The Labute approximate surface area is 192 Å². The quantitative estimate of drug-likeness (QED) is 0.228. The Balaban J connectivity index is 1.56. The van der Waals surface area contributed by atoms with E-state index < -0.39 is 10.1 Å². The molecule has 2 saturated carbocycles. The summed E-state index contributed by atoms with van der Waals surface area (Å²) < 4.78 is 30.4. The molecule has 3 N–H and O–H groups in total. The second-order valence-corrected chi connectivity index (χ2v) is 10.9. The second kappa shape index (κ2) is 13.9. The van der Waals surface area contributed by atoms with Crippen LogP contribution in [0.3, 0.4) is 0 Å². The molecule has 0 unspecified atom stereocenters. The number of carbonyl (C=O) groups is 1. The zero-order valence-corrected chi connectivity index (χ0v) is 20.1. The van der Waals surface area contributed by atoms with Gasteiger partial charge in [-0.2, -0.15) is 8.42 Å². The lowest BCUT2D eigenvalue weighted by molar-refractivity contribution is 0.205. The number of hydrogen-bond donors (Lipinski definition) is 3. The molecular formula is C22H40N4O5S. The van der Waals surface area contributed by atoms with E-state index in [1.165, 1.54) is 6.42 Å². The fraction of sp³-hybridized carbons (Fsp3) is 0.909. The number of urea groups is 1. The predicted octanol–water partition coefficient (Wildman–Crippen LogP) is 2.73. The Morgan fingerprint density at radius 2 is 1.69 bits per heavy atom. The minimum absolute atomic E-state index is 0.142. The molecule has 10 heteroatoms. The van der Waals surface area contributed by atoms with Crippen LogP contribution in [0.5, 0.6) is 0 Å². The third-order valence-corrected chi connectivity index (χ3v) is 7.74. The molecule has 0 spiro atoms. The molecule has 0 heterocycles. The first-order valence-electron chi connectivity index (χ1n) is 12.1. The summed E-state index contributed by atoms with van der Waals surface area (Å²) in [6.45, 7) is 4.44. The molecule has 0 saturated heterocycles. The van der Waals surface area contributed by atoms with Gasteiger partial charge in [0.2, 0.25) is 6.08 Å². The van der Waals surface area contributed by atoms with E-state index in [4.69, 9.17) is 4.55 Å². The molecule has 2 fully saturated rings. The molecular weight excluding hydrogens is 432 g/mol. The average Bonchev–Trinajstić information content (AvgIpc) is 2.75. The van der Waals surface area contributed by atoms with Crippen molar-refractivity contribution in [1.82, 2.24) is 15.5 Å². The maximum atomic E-state index is 12.2.